The summed E-state index contributed by atoms with van der Waals surface area (Å²) in [6, 6.07) is 25.9. The van der Waals surface area contributed by atoms with Gasteiger partial charge >= 0.3 is 0 Å². The minimum Gasteiger partial charge on any atom is -0.321 e. The van der Waals surface area contributed by atoms with E-state index in [0.717, 1.165) is 22.1 Å². The number of nitrogens with zero attached hydrogens (tertiary/aromatic N) is 2. The molecule has 0 spiro atoms. The van der Waals surface area contributed by atoms with Crippen molar-refractivity contribution in [2.45, 2.75) is 19.4 Å². The van der Waals surface area contributed by atoms with E-state index in [1.54, 1.807) is 12.1 Å². The first-order chi connectivity index (χ1) is 18.9. The van der Waals surface area contributed by atoms with E-state index >= 15 is 0 Å². The molecule has 1 aromatic heterocycles. The SMILES string of the molecule is Cc1ccc2[nH]c(=O)c(C3=NN(C(=O)c4ccc(F)cc4)[C@@H](c4ccc(F)cc4)C3)c(-c3ccccc3)c2c1. The number of nitrogens with one attached hydrogen (secondary N) is 1. The van der Waals surface area contributed by atoms with Crippen molar-refractivity contribution in [1.29, 1.82) is 0 Å². The Hall–Kier alpha value is -4.91. The average Bonchev–Trinajstić information content (AvgIpc) is 3.38. The number of aromatic nitrogens is 1. The van der Waals surface area contributed by atoms with Crippen LogP contribution in [0.1, 0.15) is 39.5 Å². The number of fused-ring (bicyclic) bond motifs is 1. The lowest BCUT2D eigenvalue weighted by Gasteiger charge is -2.22. The molecule has 1 aliphatic rings. The van der Waals surface area contributed by atoms with Gasteiger partial charge in [-0.3, -0.25) is 9.59 Å². The predicted octanol–water partition coefficient (Wildman–Crippen LogP) is 6.77. The van der Waals surface area contributed by atoms with Gasteiger partial charge in [0.15, 0.2) is 0 Å². The first-order valence-electron chi connectivity index (χ1n) is 12.5. The van der Waals surface area contributed by atoms with Crippen molar-refractivity contribution < 1.29 is 13.6 Å². The summed E-state index contributed by atoms with van der Waals surface area (Å²) in [5.41, 5.74) is 4.70. The number of hydrogen-bond acceptors (Lipinski definition) is 3. The molecule has 0 saturated heterocycles. The van der Waals surface area contributed by atoms with Gasteiger partial charge in [0, 0.05) is 28.5 Å². The third-order valence-corrected chi connectivity index (χ3v) is 6.99. The maximum Gasteiger partial charge on any atom is 0.274 e. The molecule has 5 nitrogen and oxygen atoms in total. The van der Waals surface area contributed by atoms with Crippen LogP contribution in [0.25, 0.3) is 22.0 Å². The predicted molar refractivity (Wildman–Crippen MR) is 148 cm³/mol. The van der Waals surface area contributed by atoms with Crippen LogP contribution in [0.3, 0.4) is 0 Å². The van der Waals surface area contributed by atoms with E-state index in [-0.39, 0.29) is 17.5 Å². The molecule has 1 aliphatic heterocycles. The van der Waals surface area contributed by atoms with E-state index < -0.39 is 23.6 Å². The second-order valence-corrected chi connectivity index (χ2v) is 9.59. The zero-order valence-corrected chi connectivity index (χ0v) is 21.0. The lowest BCUT2D eigenvalue weighted by atomic mass is 9.90. The number of H-pyrrole nitrogens is 1. The summed E-state index contributed by atoms with van der Waals surface area (Å²) in [5, 5.41) is 6.88. The van der Waals surface area contributed by atoms with Crippen molar-refractivity contribution in [1.82, 2.24) is 9.99 Å². The highest BCUT2D eigenvalue weighted by Gasteiger charge is 2.36. The maximum atomic E-state index is 13.8. The van der Waals surface area contributed by atoms with Crippen molar-refractivity contribution in [2.24, 2.45) is 5.10 Å². The third kappa shape index (κ3) is 4.52. The summed E-state index contributed by atoms with van der Waals surface area (Å²) in [4.78, 5) is 30.2. The van der Waals surface area contributed by atoms with Crippen LogP contribution < -0.4 is 5.56 Å². The van der Waals surface area contributed by atoms with Crippen molar-refractivity contribution in [3.8, 4) is 11.1 Å². The van der Waals surface area contributed by atoms with Crippen molar-refractivity contribution in [3.05, 3.63) is 141 Å². The van der Waals surface area contributed by atoms with Crippen LogP contribution in [0.2, 0.25) is 0 Å². The lowest BCUT2D eigenvalue weighted by molar-refractivity contribution is 0.0711. The second-order valence-electron chi connectivity index (χ2n) is 9.59. The van der Waals surface area contributed by atoms with E-state index in [1.807, 2.05) is 55.5 Å². The standard InChI is InChI=1S/C32H23F2N3O2/c1-19-7-16-26-25(17-19)29(21-5-3-2-4-6-21)30(31(38)35-26)27-18-28(20-8-12-23(33)13-9-20)37(36-27)32(39)22-10-14-24(34)15-11-22/h2-17,28H,18H2,1H3,(H,35,38)/t28-/m1/s1. The molecule has 1 atom stereocenters. The minimum absolute atomic E-state index is 0.235. The van der Waals surface area contributed by atoms with Crippen LogP contribution in [-0.4, -0.2) is 21.6 Å². The molecule has 0 aliphatic carbocycles. The molecule has 0 bridgehead atoms. The highest BCUT2D eigenvalue weighted by Crippen LogP contribution is 2.37. The van der Waals surface area contributed by atoms with E-state index in [0.29, 0.717) is 22.4 Å². The number of rotatable bonds is 4. The van der Waals surface area contributed by atoms with Crippen LogP contribution in [0.15, 0.2) is 107 Å². The summed E-state index contributed by atoms with van der Waals surface area (Å²) >= 11 is 0. The van der Waals surface area contributed by atoms with Crippen LogP contribution in [-0.2, 0) is 0 Å². The number of carbonyl (C=O) groups is 1. The number of pyridine rings is 1. The fourth-order valence-corrected chi connectivity index (χ4v) is 5.10. The van der Waals surface area contributed by atoms with E-state index in [4.69, 9.17) is 5.10 Å². The molecule has 39 heavy (non-hydrogen) atoms. The number of benzene rings is 4. The second kappa shape index (κ2) is 9.76. The Morgan fingerprint density at radius 2 is 1.54 bits per heavy atom. The van der Waals surface area contributed by atoms with Gasteiger partial charge in [-0.15, -0.1) is 0 Å². The van der Waals surface area contributed by atoms with Gasteiger partial charge in [0.1, 0.15) is 11.6 Å². The number of hydrogen-bond donors (Lipinski definition) is 1. The van der Waals surface area contributed by atoms with Crippen LogP contribution in [0.4, 0.5) is 8.78 Å². The van der Waals surface area contributed by atoms with Crippen molar-refractivity contribution in [2.75, 3.05) is 0 Å². The van der Waals surface area contributed by atoms with E-state index in [2.05, 4.69) is 4.98 Å². The number of aryl methyl sites for hydroxylation is 1. The van der Waals surface area contributed by atoms with Crippen molar-refractivity contribution in [3.63, 3.8) is 0 Å². The molecule has 0 fully saturated rings. The smallest absolute Gasteiger partial charge is 0.274 e. The fraction of sp³-hybridized carbons (Fsp3) is 0.0938. The molecule has 5 aromatic rings. The van der Waals surface area contributed by atoms with Crippen LogP contribution >= 0.6 is 0 Å². The lowest BCUT2D eigenvalue weighted by Crippen LogP contribution is -2.27. The van der Waals surface area contributed by atoms with Crippen molar-refractivity contribution >= 4 is 22.5 Å². The van der Waals surface area contributed by atoms with Gasteiger partial charge in [-0.1, -0.05) is 54.1 Å². The zero-order chi connectivity index (χ0) is 27.1. The summed E-state index contributed by atoms with van der Waals surface area (Å²) in [6.07, 6.45) is 0.235. The highest BCUT2D eigenvalue weighted by atomic mass is 19.1. The minimum atomic E-state index is -0.589. The van der Waals surface area contributed by atoms with Crippen LogP contribution in [0, 0.1) is 18.6 Å². The maximum absolute atomic E-state index is 13.8. The molecule has 1 N–H and O–H groups in total. The summed E-state index contributed by atoms with van der Waals surface area (Å²) in [7, 11) is 0. The Morgan fingerprint density at radius 3 is 2.23 bits per heavy atom. The van der Waals surface area contributed by atoms with Gasteiger partial charge in [0.05, 0.1) is 17.3 Å². The van der Waals surface area contributed by atoms with Gasteiger partial charge in [0.2, 0.25) is 0 Å². The van der Waals surface area contributed by atoms with Crippen LogP contribution in [0.5, 0.6) is 0 Å². The molecule has 2 heterocycles. The largest absolute Gasteiger partial charge is 0.321 e. The third-order valence-electron chi connectivity index (χ3n) is 6.99. The molecular formula is C32H23F2N3O2. The van der Waals surface area contributed by atoms with E-state index in [9.17, 15) is 18.4 Å². The van der Waals surface area contributed by atoms with Gasteiger partial charge < -0.3 is 4.98 Å². The molecule has 1 amide bonds. The molecule has 7 heteroatoms. The Balaban J connectivity index is 1.56. The van der Waals surface area contributed by atoms with Gasteiger partial charge in [-0.25, -0.2) is 13.8 Å². The first-order valence-corrected chi connectivity index (χ1v) is 12.5. The molecule has 6 rings (SSSR count). The first kappa shape index (κ1) is 24.4. The number of hydrazone groups is 1. The monoisotopic (exact) mass is 519 g/mol. The number of aromatic amines is 1. The molecule has 0 radical (unpaired) electrons. The van der Waals surface area contributed by atoms with Gasteiger partial charge in [-0.2, -0.15) is 5.10 Å². The molecule has 192 valence electrons. The summed E-state index contributed by atoms with van der Waals surface area (Å²) < 4.78 is 27.3. The zero-order valence-electron chi connectivity index (χ0n) is 21.0. The van der Waals surface area contributed by atoms with E-state index in [1.165, 1.54) is 41.4 Å². The molecule has 0 unspecified atom stereocenters. The average molecular weight is 520 g/mol. The highest BCUT2D eigenvalue weighted by molar-refractivity contribution is 6.13. The molecule has 4 aromatic carbocycles. The number of halogens is 2. The summed E-state index contributed by atoms with van der Waals surface area (Å²) in [6.45, 7) is 1.99. The fourth-order valence-electron chi connectivity index (χ4n) is 5.10. The Kier molecular flexibility index (Phi) is 6.11. The topological polar surface area (TPSA) is 65.5 Å². The Labute approximate surface area is 223 Å². The number of carbonyl (C=O) groups excluding carboxylic acids is 1. The Bertz CT molecular complexity index is 1790. The van der Waals surface area contributed by atoms with Gasteiger partial charge in [-0.05, 0) is 66.6 Å². The Morgan fingerprint density at radius 1 is 0.872 bits per heavy atom. The molecule has 0 saturated carbocycles. The van der Waals surface area contributed by atoms with Gasteiger partial charge in [0.25, 0.3) is 11.5 Å². The quantitative estimate of drug-likeness (QED) is 0.285. The normalized spacial score (nSPS) is 15.0. The molecular weight excluding hydrogens is 496 g/mol. The number of amides is 1. The summed E-state index contributed by atoms with van der Waals surface area (Å²) in [5.74, 6) is -1.31.